The summed E-state index contributed by atoms with van der Waals surface area (Å²) >= 11 is 13.8. The monoisotopic (exact) mass is 983 g/mol. The SMILES string of the molecule is COc1nn2cc(-c3ccc(C)cc3)nc2s1.C[O-].Cc1ccc(-c2cn3nc(Br)sc3n2)cc1.Cc1ccc(C(=O)CBr)cc1.Nc1nnc(Br)s1.[Na+]. The van der Waals surface area contributed by atoms with E-state index < -0.39 is 0 Å². The summed E-state index contributed by atoms with van der Waals surface area (Å²) in [4.78, 5) is 21.9. The number of anilines is 1. The minimum atomic E-state index is 0. The normalized spacial score (nSPS) is 10.0. The van der Waals surface area contributed by atoms with Gasteiger partial charge in [0.2, 0.25) is 15.1 Å². The van der Waals surface area contributed by atoms with Crippen LogP contribution in [0.3, 0.4) is 0 Å². The van der Waals surface area contributed by atoms with Crippen LogP contribution in [0.25, 0.3) is 32.4 Å². The number of nitrogen functional groups attached to an aromatic ring is 1. The molecule has 0 aliphatic heterocycles. The number of aromatic nitrogens is 8. The number of nitrogens with two attached hydrogens (primary N) is 1. The summed E-state index contributed by atoms with van der Waals surface area (Å²) in [7, 11) is 2.36. The number of hydrogen-bond acceptors (Lipinski definition) is 13. The van der Waals surface area contributed by atoms with Crippen molar-refractivity contribution < 1.29 is 44.2 Å². The number of ketones is 1. The maximum Gasteiger partial charge on any atom is 1.00 e. The second-order valence-electron chi connectivity index (χ2n) is 10.7. The van der Waals surface area contributed by atoms with E-state index in [9.17, 15) is 4.79 Å². The Morgan fingerprint density at radius 1 is 0.722 bits per heavy atom. The zero-order valence-electron chi connectivity index (χ0n) is 30.0. The molecule has 0 fully saturated rings. The van der Waals surface area contributed by atoms with Crippen molar-refractivity contribution in [3.05, 3.63) is 115 Å². The van der Waals surface area contributed by atoms with Gasteiger partial charge in [0.1, 0.15) is 0 Å². The Morgan fingerprint density at radius 2 is 1.19 bits per heavy atom. The summed E-state index contributed by atoms with van der Waals surface area (Å²) in [6, 6.07) is 24.2. The number of methoxy groups -OCH3 is 1. The first-order chi connectivity index (χ1) is 25.5. The molecule has 5 aromatic heterocycles. The van der Waals surface area contributed by atoms with Crippen LogP contribution in [-0.2, 0) is 0 Å². The van der Waals surface area contributed by atoms with Crippen molar-refractivity contribution in [2.24, 2.45) is 0 Å². The van der Waals surface area contributed by atoms with Gasteiger partial charge in [-0.3, -0.25) is 4.79 Å². The molecule has 0 atom stereocenters. The average Bonchev–Trinajstić information content (AvgIpc) is 3.99. The van der Waals surface area contributed by atoms with E-state index in [2.05, 4.69) is 141 Å². The van der Waals surface area contributed by atoms with Gasteiger partial charge < -0.3 is 15.6 Å². The van der Waals surface area contributed by atoms with Gasteiger partial charge in [0.05, 0.1) is 36.2 Å². The summed E-state index contributed by atoms with van der Waals surface area (Å²) < 4.78 is 10.2. The Morgan fingerprint density at radius 3 is 1.56 bits per heavy atom. The van der Waals surface area contributed by atoms with Crippen LogP contribution in [0.5, 0.6) is 5.19 Å². The van der Waals surface area contributed by atoms with E-state index in [0.717, 1.165) is 52.9 Å². The minimum absolute atomic E-state index is 0. The van der Waals surface area contributed by atoms with Crippen molar-refractivity contribution in [3.63, 3.8) is 0 Å². The summed E-state index contributed by atoms with van der Waals surface area (Å²) in [5.74, 6) is 0.130. The molecule has 19 heteroatoms. The fourth-order valence-corrected chi connectivity index (χ4v) is 7.35. The Bertz CT molecular complexity index is 2260. The molecule has 0 amide bonds. The van der Waals surface area contributed by atoms with Crippen LogP contribution in [0.2, 0.25) is 0 Å². The molecular formula is C35H33Br3N9NaO3S3. The number of alkyl halides is 1. The predicted molar refractivity (Wildman–Crippen MR) is 224 cm³/mol. The first-order valence-corrected chi connectivity index (χ1v) is 20.5. The van der Waals surface area contributed by atoms with Crippen LogP contribution in [0, 0.1) is 20.8 Å². The van der Waals surface area contributed by atoms with Crippen molar-refractivity contribution in [1.29, 1.82) is 0 Å². The third-order valence-corrected chi connectivity index (χ3v) is 10.8. The number of ether oxygens (including phenoxy) is 1. The molecule has 0 saturated heterocycles. The van der Waals surface area contributed by atoms with Crippen molar-refractivity contribution >= 4 is 103 Å². The zero-order chi connectivity index (χ0) is 38.5. The van der Waals surface area contributed by atoms with Crippen molar-refractivity contribution in [2.45, 2.75) is 20.8 Å². The number of halogens is 3. The molecule has 2 N–H and O–H groups in total. The van der Waals surface area contributed by atoms with Crippen molar-refractivity contribution in [3.8, 4) is 27.7 Å². The zero-order valence-corrected chi connectivity index (χ0v) is 39.2. The van der Waals surface area contributed by atoms with Gasteiger partial charge in [-0.1, -0.05) is 128 Å². The van der Waals surface area contributed by atoms with E-state index in [1.807, 2.05) is 43.6 Å². The summed E-state index contributed by atoms with van der Waals surface area (Å²) in [6.07, 6.45) is 3.86. The number of fused-ring (bicyclic) bond motifs is 2. The minimum Gasteiger partial charge on any atom is -0.857 e. The van der Waals surface area contributed by atoms with Gasteiger partial charge in [-0.25, -0.2) is 19.0 Å². The van der Waals surface area contributed by atoms with Gasteiger partial charge in [-0.2, -0.15) is 7.11 Å². The van der Waals surface area contributed by atoms with Gasteiger partial charge in [0, 0.05) is 16.7 Å². The average molecular weight is 987 g/mol. The van der Waals surface area contributed by atoms with E-state index >= 15 is 0 Å². The quantitative estimate of drug-likeness (QED) is 0.128. The van der Waals surface area contributed by atoms with Crippen LogP contribution < -0.4 is 45.1 Å². The van der Waals surface area contributed by atoms with Gasteiger partial charge in [0.15, 0.2) is 13.6 Å². The Hall–Kier alpha value is -2.91. The molecule has 54 heavy (non-hydrogen) atoms. The molecular weight excluding hydrogens is 953 g/mol. The van der Waals surface area contributed by atoms with Gasteiger partial charge in [0.25, 0.3) is 5.19 Å². The molecule has 0 saturated carbocycles. The van der Waals surface area contributed by atoms with E-state index in [-0.39, 0.29) is 35.3 Å². The second kappa shape index (κ2) is 22.6. The molecule has 0 aliphatic carbocycles. The molecule has 5 heterocycles. The summed E-state index contributed by atoms with van der Waals surface area (Å²) in [6.45, 7) is 6.15. The van der Waals surface area contributed by atoms with E-state index in [0.29, 0.717) is 15.7 Å². The third-order valence-electron chi connectivity index (χ3n) is 6.82. The van der Waals surface area contributed by atoms with Crippen LogP contribution >= 0.6 is 81.8 Å². The topological polar surface area (TPSA) is 162 Å². The fourth-order valence-electron chi connectivity index (χ4n) is 4.20. The van der Waals surface area contributed by atoms with Crippen LogP contribution in [0.1, 0.15) is 27.0 Å². The first kappa shape index (κ1) is 45.5. The number of imidazole rings is 2. The Labute approximate surface area is 371 Å². The third kappa shape index (κ3) is 13.4. The van der Waals surface area contributed by atoms with E-state index in [1.54, 1.807) is 16.1 Å². The smallest absolute Gasteiger partial charge is 0.857 e. The molecule has 8 rings (SSSR count). The van der Waals surface area contributed by atoms with Crippen LogP contribution in [-0.4, -0.2) is 64.7 Å². The number of carbonyl (C=O) groups is 1. The van der Waals surface area contributed by atoms with Crippen LogP contribution in [0.4, 0.5) is 5.13 Å². The number of benzene rings is 3. The van der Waals surface area contributed by atoms with Gasteiger partial charge >= 0.3 is 29.6 Å². The second-order valence-corrected chi connectivity index (χ2v) is 16.7. The van der Waals surface area contributed by atoms with Crippen molar-refractivity contribution in [2.75, 3.05) is 25.3 Å². The molecule has 8 aromatic rings. The van der Waals surface area contributed by atoms with E-state index in [1.165, 1.54) is 50.7 Å². The molecule has 0 aliphatic rings. The van der Waals surface area contributed by atoms with Gasteiger partial charge in [-0.15, -0.1) is 20.4 Å². The molecule has 0 bridgehead atoms. The Kier molecular flexibility index (Phi) is 19.0. The first-order valence-electron chi connectivity index (χ1n) is 15.4. The maximum atomic E-state index is 11.1. The standard InChI is InChI=1S/C12H11N3OS.C11H8BrN3S.C9H9BrO.C2H2BrN3S.CH3O.Na/c1-8-3-5-9(6-4-8)10-7-15-11(13-10)17-12(14-15)16-2;1-7-2-4-8(5-3-7)9-6-15-11(13-9)16-10(12)14-15;1-7-2-4-8(5-3-7)9(11)6-10;3-1-5-6-2(4)7-1;1-2;/h3-7H,1-2H3;2-6H,1H3;2-5H,6H2,1H3;(H2,4,6);1H3;/q;;;;-1;+1. The Balaban J connectivity index is 0.000000198. The van der Waals surface area contributed by atoms with Crippen molar-refractivity contribution in [1.82, 2.24) is 39.4 Å². The molecule has 0 spiro atoms. The van der Waals surface area contributed by atoms with Gasteiger partial charge in [-0.05, 0) is 64.0 Å². The predicted octanol–water partition coefficient (Wildman–Crippen LogP) is 5.74. The number of aryl methyl sites for hydroxylation is 3. The maximum absolute atomic E-state index is 11.1. The number of carbonyl (C=O) groups excluding carboxylic acids is 1. The molecule has 12 nitrogen and oxygen atoms in total. The molecule has 0 unspecified atom stereocenters. The number of rotatable bonds is 5. The number of hydrogen-bond donors (Lipinski definition) is 1. The number of nitrogens with zero attached hydrogens (tertiary/aromatic N) is 8. The largest absolute Gasteiger partial charge is 1.00 e. The number of Topliss-reactive ketones (excluding diaryl/α,β-unsaturated/α-hetero) is 1. The van der Waals surface area contributed by atoms with Crippen LogP contribution in [0.15, 0.2) is 93.0 Å². The summed E-state index contributed by atoms with van der Waals surface area (Å²) in [5.41, 5.74) is 13.8. The fraction of sp³-hybridized carbons (Fsp3) is 0.171. The molecule has 0 radical (unpaired) electrons. The van der Waals surface area contributed by atoms with E-state index in [4.69, 9.17) is 15.6 Å². The summed E-state index contributed by atoms with van der Waals surface area (Å²) in [5, 5.41) is 25.4. The molecule has 276 valence electrons. The molecule has 3 aromatic carbocycles.